The molecule has 0 atom stereocenters. The summed E-state index contributed by atoms with van der Waals surface area (Å²) in [5, 5.41) is 2.60. The number of sulfonamides is 1. The summed E-state index contributed by atoms with van der Waals surface area (Å²) in [7, 11) is -1.21. The van der Waals surface area contributed by atoms with Gasteiger partial charge in [0.25, 0.3) is 0 Å². The number of hydrogen-bond acceptors (Lipinski definition) is 5. The maximum Gasteiger partial charge on any atom is 0.246 e. The van der Waals surface area contributed by atoms with E-state index in [1.54, 1.807) is 37.3 Å². The summed E-state index contributed by atoms with van der Waals surface area (Å²) >= 11 is 0. The average molecular weight is 390 g/mol. The molecule has 0 saturated heterocycles. The highest BCUT2D eigenvalue weighted by Crippen LogP contribution is 2.27. The van der Waals surface area contributed by atoms with Gasteiger partial charge in [-0.2, -0.15) is 4.31 Å². The van der Waals surface area contributed by atoms with Crippen molar-refractivity contribution >= 4 is 27.4 Å². The first-order chi connectivity index (χ1) is 12.6. The summed E-state index contributed by atoms with van der Waals surface area (Å²) in [6, 6.07) is 11.3. The Hall–Kier alpha value is -2.71. The number of aryl methyl sites for hydroxylation is 1. The van der Waals surface area contributed by atoms with E-state index in [0.717, 1.165) is 9.87 Å². The highest BCUT2D eigenvalue weighted by Gasteiger charge is 2.26. The molecule has 0 spiro atoms. The van der Waals surface area contributed by atoms with Crippen molar-refractivity contribution in [3.8, 4) is 5.75 Å². The zero-order valence-corrected chi connectivity index (χ0v) is 16.5. The van der Waals surface area contributed by atoms with Gasteiger partial charge in [-0.3, -0.25) is 9.59 Å². The van der Waals surface area contributed by atoms with Crippen LogP contribution in [0.3, 0.4) is 0 Å². The molecule has 2 aromatic carbocycles. The van der Waals surface area contributed by atoms with Crippen molar-refractivity contribution in [1.82, 2.24) is 4.31 Å². The molecule has 7 nitrogen and oxygen atoms in total. The van der Waals surface area contributed by atoms with Crippen molar-refractivity contribution in [2.75, 3.05) is 26.0 Å². The van der Waals surface area contributed by atoms with E-state index in [1.807, 2.05) is 0 Å². The molecule has 144 valence electrons. The van der Waals surface area contributed by atoms with Crippen molar-refractivity contribution < 1.29 is 22.7 Å². The highest BCUT2D eigenvalue weighted by molar-refractivity contribution is 7.89. The van der Waals surface area contributed by atoms with Crippen LogP contribution >= 0.6 is 0 Å². The van der Waals surface area contributed by atoms with Crippen LogP contribution in [0.25, 0.3) is 0 Å². The first-order valence-corrected chi connectivity index (χ1v) is 9.61. The summed E-state index contributed by atoms with van der Waals surface area (Å²) in [4.78, 5) is 23.7. The van der Waals surface area contributed by atoms with E-state index >= 15 is 0 Å². The SMILES string of the molecule is COc1ccc(C)cc1S(=O)(=O)N(C)CC(=O)Nc1cccc(C(C)=O)c1. The van der Waals surface area contributed by atoms with Crippen LogP contribution in [0.15, 0.2) is 47.4 Å². The van der Waals surface area contributed by atoms with Gasteiger partial charge in [0, 0.05) is 18.3 Å². The number of ketones is 1. The number of methoxy groups -OCH3 is 1. The lowest BCUT2D eigenvalue weighted by atomic mass is 10.1. The molecule has 2 aromatic rings. The number of amides is 1. The minimum atomic E-state index is -3.92. The molecule has 0 radical (unpaired) electrons. The number of nitrogens with zero attached hydrogens (tertiary/aromatic N) is 1. The smallest absolute Gasteiger partial charge is 0.246 e. The molecule has 0 heterocycles. The molecular weight excluding hydrogens is 368 g/mol. The second-order valence-electron chi connectivity index (χ2n) is 6.10. The van der Waals surface area contributed by atoms with E-state index in [2.05, 4.69) is 5.32 Å². The van der Waals surface area contributed by atoms with E-state index in [9.17, 15) is 18.0 Å². The fourth-order valence-electron chi connectivity index (χ4n) is 2.46. The minimum absolute atomic E-state index is 0.00104. The van der Waals surface area contributed by atoms with Crippen molar-refractivity contribution in [2.45, 2.75) is 18.7 Å². The van der Waals surface area contributed by atoms with Crippen LogP contribution in [0.5, 0.6) is 5.75 Å². The molecule has 8 heteroatoms. The van der Waals surface area contributed by atoms with Crippen LogP contribution in [0.2, 0.25) is 0 Å². The molecule has 0 aromatic heterocycles. The summed E-state index contributed by atoms with van der Waals surface area (Å²) in [5.41, 5.74) is 1.64. The number of ether oxygens (including phenoxy) is 1. The molecule has 0 bridgehead atoms. The highest BCUT2D eigenvalue weighted by atomic mass is 32.2. The lowest BCUT2D eigenvalue weighted by Crippen LogP contribution is -2.35. The Kier molecular flexibility index (Phi) is 6.35. The van der Waals surface area contributed by atoms with E-state index in [0.29, 0.717) is 11.3 Å². The van der Waals surface area contributed by atoms with Gasteiger partial charge >= 0.3 is 0 Å². The zero-order chi connectivity index (χ0) is 20.2. The van der Waals surface area contributed by atoms with Gasteiger partial charge in [0.15, 0.2) is 5.78 Å². The molecule has 1 N–H and O–H groups in total. The zero-order valence-electron chi connectivity index (χ0n) is 15.6. The molecule has 0 unspecified atom stereocenters. The third kappa shape index (κ3) is 4.93. The van der Waals surface area contributed by atoms with Crippen LogP contribution in [0.1, 0.15) is 22.8 Å². The van der Waals surface area contributed by atoms with E-state index in [-0.39, 0.29) is 23.0 Å². The average Bonchev–Trinajstić information content (AvgIpc) is 2.61. The topological polar surface area (TPSA) is 92.8 Å². The van der Waals surface area contributed by atoms with E-state index in [4.69, 9.17) is 4.74 Å². The van der Waals surface area contributed by atoms with Gasteiger partial charge in [-0.1, -0.05) is 18.2 Å². The Morgan fingerprint density at radius 3 is 2.48 bits per heavy atom. The molecule has 0 aliphatic heterocycles. The number of likely N-dealkylation sites (N-methyl/N-ethyl adjacent to an activating group) is 1. The molecular formula is C19H22N2O5S. The van der Waals surface area contributed by atoms with Gasteiger partial charge in [-0.15, -0.1) is 0 Å². The predicted octanol–water partition coefficient (Wildman–Crippen LogP) is 2.47. The fraction of sp³-hybridized carbons (Fsp3) is 0.263. The lowest BCUT2D eigenvalue weighted by Gasteiger charge is -2.19. The van der Waals surface area contributed by atoms with Gasteiger partial charge < -0.3 is 10.1 Å². The monoisotopic (exact) mass is 390 g/mol. The second-order valence-corrected chi connectivity index (χ2v) is 8.11. The van der Waals surface area contributed by atoms with Crippen LogP contribution in [-0.4, -0.2) is 45.1 Å². The number of Topliss-reactive ketones (excluding diaryl/α,β-unsaturated/α-hetero) is 1. The number of carbonyl (C=O) groups excluding carboxylic acids is 2. The number of hydrogen-bond donors (Lipinski definition) is 1. The van der Waals surface area contributed by atoms with Crippen LogP contribution in [0, 0.1) is 6.92 Å². The normalized spacial score (nSPS) is 11.3. The molecule has 0 aliphatic carbocycles. The molecule has 0 saturated carbocycles. The van der Waals surface area contributed by atoms with Gasteiger partial charge in [0.2, 0.25) is 15.9 Å². The number of nitrogens with one attached hydrogen (secondary N) is 1. The first-order valence-electron chi connectivity index (χ1n) is 8.17. The summed E-state index contributed by atoms with van der Waals surface area (Å²) in [6.45, 7) is 2.81. The Morgan fingerprint density at radius 2 is 1.85 bits per heavy atom. The van der Waals surface area contributed by atoms with Crippen molar-refractivity contribution in [2.24, 2.45) is 0 Å². The third-order valence-corrected chi connectivity index (χ3v) is 5.75. The van der Waals surface area contributed by atoms with E-state index < -0.39 is 15.9 Å². The van der Waals surface area contributed by atoms with Gasteiger partial charge in [0.05, 0.1) is 13.7 Å². The maximum atomic E-state index is 12.8. The lowest BCUT2D eigenvalue weighted by molar-refractivity contribution is -0.116. The standard InChI is InChI=1S/C19H22N2O5S/c1-13-8-9-17(26-4)18(10-13)27(24,25)21(3)12-19(23)20-16-7-5-6-15(11-16)14(2)22/h5-11H,12H2,1-4H3,(H,20,23). The van der Waals surface area contributed by atoms with Crippen molar-refractivity contribution in [3.63, 3.8) is 0 Å². The minimum Gasteiger partial charge on any atom is -0.495 e. The first kappa shape index (κ1) is 20.6. The Bertz CT molecular complexity index is 970. The van der Waals surface area contributed by atoms with Crippen LogP contribution < -0.4 is 10.1 Å². The molecule has 0 fully saturated rings. The van der Waals surface area contributed by atoms with Gasteiger partial charge in [-0.05, 0) is 43.7 Å². The summed E-state index contributed by atoms with van der Waals surface area (Å²) < 4.78 is 31.7. The molecule has 27 heavy (non-hydrogen) atoms. The van der Waals surface area contributed by atoms with Crippen molar-refractivity contribution in [1.29, 1.82) is 0 Å². The molecule has 1 amide bonds. The second kappa shape index (κ2) is 8.32. The maximum absolute atomic E-state index is 12.8. The number of benzene rings is 2. The Labute approximate surface area is 159 Å². The van der Waals surface area contributed by atoms with E-state index in [1.165, 1.54) is 33.2 Å². The summed E-state index contributed by atoms with van der Waals surface area (Å²) in [6.07, 6.45) is 0. The summed E-state index contributed by atoms with van der Waals surface area (Å²) in [5.74, 6) is -0.437. The third-order valence-electron chi connectivity index (χ3n) is 3.93. The fourth-order valence-corrected chi connectivity index (χ4v) is 3.82. The Morgan fingerprint density at radius 1 is 1.15 bits per heavy atom. The quantitative estimate of drug-likeness (QED) is 0.733. The predicted molar refractivity (Wildman–Crippen MR) is 103 cm³/mol. The largest absolute Gasteiger partial charge is 0.495 e. The van der Waals surface area contributed by atoms with Crippen LogP contribution in [0.4, 0.5) is 5.69 Å². The number of rotatable bonds is 7. The van der Waals surface area contributed by atoms with Crippen LogP contribution in [-0.2, 0) is 14.8 Å². The number of carbonyl (C=O) groups is 2. The molecule has 0 aliphatic rings. The van der Waals surface area contributed by atoms with Gasteiger partial charge in [0.1, 0.15) is 10.6 Å². The number of anilines is 1. The van der Waals surface area contributed by atoms with Crippen molar-refractivity contribution in [3.05, 3.63) is 53.6 Å². The van der Waals surface area contributed by atoms with Gasteiger partial charge in [-0.25, -0.2) is 8.42 Å². The Balaban J connectivity index is 2.17. The molecule has 2 rings (SSSR count).